The molecule has 2 atom stereocenters. The van der Waals surface area contributed by atoms with E-state index in [9.17, 15) is 18.1 Å². The van der Waals surface area contributed by atoms with Gasteiger partial charge in [0.1, 0.15) is 0 Å². The van der Waals surface area contributed by atoms with Gasteiger partial charge in [-0.05, 0) is 32.1 Å². The molecular formula is C19H40O4S. The highest BCUT2D eigenvalue weighted by Gasteiger charge is 2.22. The second-order valence-electron chi connectivity index (χ2n) is 7.13. The number of unbranched alkanes of at least 4 members (excludes halogenated alkanes) is 8. The van der Waals surface area contributed by atoms with Gasteiger partial charge in [0.15, 0.2) is 0 Å². The van der Waals surface area contributed by atoms with Gasteiger partial charge >= 0.3 is 0 Å². The highest BCUT2D eigenvalue weighted by Crippen LogP contribution is 2.19. The summed E-state index contributed by atoms with van der Waals surface area (Å²) in [6.45, 7) is 4.33. The molecule has 0 rings (SSSR count). The molecule has 0 amide bonds. The van der Waals surface area contributed by atoms with E-state index in [1.165, 1.54) is 25.7 Å². The molecule has 0 saturated heterocycles. The minimum Gasteiger partial charge on any atom is -0.393 e. The molecule has 0 saturated carbocycles. The van der Waals surface area contributed by atoms with E-state index in [0.29, 0.717) is 25.7 Å². The maximum absolute atomic E-state index is 11.5. The quantitative estimate of drug-likeness (QED) is 0.264. The molecule has 0 aliphatic heterocycles. The van der Waals surface area contributed by atoms with Crippen LogP contribution in [0.15, 0.2) is 0 Å². The van der Waals surface area contributed by atoms with E-state index in [2.05, 4.69) is 13.8 Å². The largest absolute Gasteiger partial charge is 0.393 e. The SMILES string of the molecule is CCCCCCCC(O)CCCC(CCCCCCC)S(=O)(=O)O. The third-order valence-electron chi connectivity index (χ3n) is 4.76. The Labute approximate surface area is 150 Å². The van der Waals surface area contributed by atoms with Gasteiger partial charge in [-0.2, -0.15) is 8.42 Å². The Morgan fingerprint density at radius 3 is 1.58 bits per heavy atom. The van der Waals surface area contributed by atoms with Crippen LogP contribution < -0.4 is 0 Å². The zero-order valence-corrected chi connectivity index (χ0v) is 16.7. The first-order valence-corrected chi connectivity index (χ1v) is 11.6. The molecule has 0 spiro atoms. The molecule has 0 radical (unpaired) electrons. The molecule has 0 aromatic heterocycles. The van der Waals surface area contributed by atoms with Gasteiger partial charge in [-0.15, -0.1) is 0 Å². The Morgan fingerprint density at radius 2 is 1.08 bits per heavy atom. The lowest BCUT2D eigenvalue weighted by Gasteiger charge is -2.15. The Kier molecular flexibility index (Phi) is 15.1. The second-order valence-corrected chi connectivity index (χ2v) is 8.82. The van der Waals surface area contributed by atoms with E-state index < -0.39 is 15.4 Å². The Bertz CT molecular complexity index is 368. The lowest BCUT2D eigenvalue weighted by molar-refractivity contribution is 0.147. The van der Waals surface area contributed by atoms with Crippen LogP contribution in [0.4, 0.5) is 0 Å². The van der Waals surface area contributed by atoms with Crippen LogP contribution in [0, 0.1) is 0 Å². The number of rotatable bonds is 17. The summed E-state index contributed by atoms with van der Waals surface area (Å²) in [5.74, 6) is 0. The lowest BCUT2D eigenvalue weighted by atomic mass is 10.0. The predicted octanol–water partition coefficient (Wildman–Crippen LogP) is 5.50. The van der Waals surface area contributed by atoms with Crippen LogP contribution in [0.3, 0.4) is 0 Å². The Hall–Kier alpha value is -0.130. The van der Waals surface area contributed by atoms with Crippen molar-refractivity contribution in [1.29, 1.82) is 0 Å². The van der Waals surface area contributed by atoms with Crippen LogP contribution in [0.2, 0.25) is 0 Å². The summed E-state index contributed by atoms with van der Waals surface area (Å²) in [4.78, 5) is 0. The molecule has 0 fully saturated rings. The lowest BCUT2D eigenvalue weighted by Crippen LogP contribution is -2.21. The summed E-state index contributed by atoms with van der Waals surface area (Å²) in [6.07, 6.45) is 14.0. The van der Waals surface area contributed by atoms with Crippen LogP contribution >= 0.6 is 0 Å². The molecule has 0 heterocycles. The number of hydrogen-bond donors (Lipinski definition) is 2. The summed E-state index contributed by atoms with van der Waals surface area (Å²) in [6, 6.07) is 0. The van der Waals surface area contributed by atoms with E-state index in [4.69, 9.17) is 0 Å². The molecule has 146 valence electrons. The fraction of sp³-hybridized carbons (Fsp3) is 1.00. The molecule has 0 bridgehead atoms. The fourth-order valence-electron chi connectivity index (χ4n) is 3.13. The van der Waals surface area contributed by atoms with Crippen molar-refractivity contribution in [3.05, 3.63) is 0 Å². The zero-order valence-electron chi connectivity index (χ0n) is 15.9. The number of aliphatic hydroxyl groups is 1. The highest BCUT2D eigenvalue weighted by molar-refractivity contribution is 7.86. The molecule has 0 aromatic rings. The highest BCUT2D eigenvalue weighted by atomic mass is 32.2. The van der Waals surface area contributed by atoms with Gasteiger partial charge in [0.05, 0.1) is 11.4 Å². The van der Waals surface area contributed by atoms with Crippen molar-refractivity contribution in [2.24, 2.45) is 0 Å². The van der Waals surface area contributed by atoms with Crippen molar-refractivity contribution >= 4 is 10.1 Å². The van der Waals surface area contributed by atoms with Crippen LogP contribution in [0.25, 0.3) is 0 Å². The minimum atomic E-state index is -3.96. The van der Waals surface area contributed by atoms with Gasteiger partial charge in [-0.1, -0.05) is 78.1 Å². The second kappa shape index (κ2) is 15.2. The maximum Gasteiger partial charge on any atom is 0.267 e. The molecule has 0 aliphatic rings. The molecule has 4 nitrogen and oxygen atoms in total. The van der Waals surface area contributed by atoms with Crippen molar-refractivity contribution in [1.82, 2.24) is 0 Å². The summed E-state index contributed by atoms with van der Waals surface area (Å²) in [7, 11) is -3.96. The third kappa shape index (κ3) is 14.2. The van der Waals surface area contributed by atoms with Crippen molar-refractivity contribution in [2.45, 2.75) is 122 Å². The smallest absolute Gasteiger partial charge is 0.267 e. The van der Waals surface area contributed by atoms with Gasteiger partial charge in [-0.25, -0.2) is 0 Å². The summed E-state index contributed by atoms with van der Waals surface area (Å²) >= 11 is 0. The van der Waals surface area contributed by atoms with E-state index in [-0.39, 0.29) is 6.10 Å². The number of aliphatic hydroxyl groups excluding tert-OH is 1. The Balaban J connectivity index is 3.89. The monoisotopic (exact) mass is 364 g/mol. The van der Waals surface area contributed by atoms with Gasteiger partial charge in [0.2, 0.25) is 0 Å². The van der Waals surface area contributed by atoms with E-state index >= 15 is 0 Å². The third-order valence-corrected chi connectivity index (χ3v) is 6.07. The van der Waals surface area contributed by atoms with Gasteiger partial charge < -0.3 is 5.11 Å². The van der Waals surface area contributed by atoms with Crippen LogP contribution in [-0.4, -0.2) is 29.4 Å². The normalized spacial score (nSPS) is 14.7. The maximum atomic E-state index is 11.5. The summed E-state index contributed by atoms with van der Waals surface area (Å²) < 4.78 is 32.4. The summed E-state index contributed by atoms with van der Waals surface area (Å²) in [5, 5.41) is 9.33. The van der Waals surface area contributed by atoms with Crippen molar-refractivity contribution in [2.75, 3.05) is 0 Å². The van der Waals surface area contributed by atoms with E-state index in [0.717, 1.165) is 44.9 Å². The standard InChI is InChI=1S/C19H40O4S/c1-3-5-7-9-11-14-18(20)15-13-17-19(24(21,22)23)16-12-10-8-6-4-2/h18-20H,3-17H2,1-2H3,(H,21,22,23). The van der Waals surface area contributed by atoms with Crippen molar-refractivity contribution in [3.8, 4) is 0 Å². The first-order chi connectivity index (χ1) is 11.4. The van der Waals surface area contributed by atoms with Crippen LogP contribution in [0.1, 0.15) is 110 Å². The topological polar surface area (TPSA) is 74.6 Å². The molecule has 2 unspecified atom stereocenters. The van der Waals surface area contributed by atoms with Gasteiger partial charge in [0, 0.05) is 0 Å². The summed E-state index contributed by atoms with van der Waals surface area (Å²) in [5.41, 5.74) is 0. The van der Waals surface area contributed by atoms with Gasteiger partial charge in [-0.3, -0.25) is 4.55 Å². The fourth-order valence-corrected chi connectivity index (χ4v) is 4.06. The van der Waals surface area contributed by atoms with E-state index in [1.807, 2.05) is 0 Å². The first kappa shape index (κ1) is 23.9. The van der Waals surface area contributed by atoms with Gasteiger partial charge in [0.25, 0.3) is 10.1 Å². The molecular weight excluding hydrogens is 324 g/mol. The average molecular weight is 365 g/mol. The van der Waals surface area contributed by atoms with E-state index in [1.54, 1.807) is 0 Å². The predicted molar refractivity (Wildman–Crippen MR) is 102 cm³/mol. The first-order valence-electron chi connectivity index (χ1n) is 10.1. The van der Waals surface area contributed by atoms with Crippen LogP contribution in [-0.2, 0) is 10.1 Å². The molecule has 2 N–H and O–H groups in total. The van der Waals surface area contributed by atoms with Crippen molar-refractivity contribution < 1.29 is 18.1 Å². The minimum absolute atomic E-state index is 0.335. The average Bonchev–Trinajstić information content (AvgIpc) is 2.51. The van der Waals surface area contributed by atoms with Crippen LogP contribution in [0.5, 0.6) is 0 Å². The molecule has 24 heavy (non-hydrogen) atoms. The number of hydrogen-bond acceptors (Lipinski definition) is 3. The van der Waals surface area contributed by atoms with Crippen molar-refractivity contribution in [3.63, 3.8) is 0 Å². The molecule has 0 aromatic carbocycles. The molecule has 0 aliphatic carbocycles. The molecule has 5 heteroatoms. The Morgan fingerprint density at radius 1 is 0.667 bits per heavy atom. The zero-order chi connectivity index (χ0) is 18.3.